The molecule has 3 rings (SSSR count). The van der Waals surface area contributed by atoms with Crippen LogP contribution in [0.3, 0.4) is 0 Å². The second-order valence-electron chi connectivity index (χ2n) is 6.93. The number of thioether (sulfide) groups is 1. The number of ether oxygens (including phenoxy) is 1. The predicted molar refractivity (Wildman–Crippen MR) is 129 cm³/mol. The first-order valence-electron chi connectivity index (χ1n) is 9.90. The third kappa shape index (κ3) is 7.27. The van der Waals surface area contributed by atoms with Gasteiger partial charge in [-0.05, 0) is 55.5 Å². The number of benzene rings is 3. The Morgan fingerprint density at radius 3 is 2.48 bits per heavy atom. The van der Waals surface area contributed by atoms with Crippen LogP contribution in [-0.4, -0.2) is 34.7 Å². The first-order valence-corrected chi connectivity index (χ1v) is 11.2. The number of carbonyl (C=O) groups is 3. The van der Waals surface area contributed by atoms with Crippen LogP contribution in [-0.2, 0) is 9.59 Å². The van der Waals surface area contributed by atoms with Gasteiger partial charge in [0.15, 0.2) is 6.61 Å². The number of carboxylic acids is 1. The highest BCUT2D eigenvalue weighted by atomic mass is 35.5. The third-order valence-corrected chi connectivity index (χ3v) is 5.81. The molecule has 0 aliphatic carbocycles. The van der Waals surface area contributed by atoms with Gasteiger partial charge in [-0.2, -0.15) is 0 Å². The molecule has 0 aliphatic heterocycles. The van der Waals surface area contributed by atoms with Gasteiger partial charge in [-0.25, -0.2) is 4.79 Å². The zero-order valence-corrected chi connectivity index (χ0v) is 19.2. The van der Waals surface area contributed by atoms with E-state index >= 15 is 0 Å². The van der Waals surface area contributed by atoms with E-state index < -0.39 is 11.2 Å². The molecule has 0 radical (unpaired) electrons. The average molecular weight is 485 g/mol. The lowest BCUT2D eigenvalue weighted by atomic mass is 10.2. The molecule has 0 aromatic heterocycles. The topological polar surface area (TPSA) is 105 Å². The molecular weight excluding hydrogens is 464 g/mol. The van der Waals surface area contributed by atoms with Crippen LogP contribution in [0.5, 0.6) is 5.75 Å². The van der Waals surface area contributed by atoms with Crippen molar-refractivity contribution in [3.8, 4) is 5.75 Å². The summed E-state index contributed by atoms with van der Waals surface area (Å²) in [6.07, 6.45) is 0. The van der Waals surface area contributed by atoms with Crippen LogP contribution in [0, 0.1) is 0 Å². The second kappa shape index (κ2) is 11.4. The number of aromatic carboxylic acids is 1. The number of amides is 2. The lowest BCUT2D eigenvalue weighted by Gasteiger charge is -2.14. The van der Waals surface area contributed by atoms with Gasteiger partial charge in [0, 0.05) is 10.6 Å². The molecule has 2 amide bonds. The Balaban J connectivity index is 1.57. The van der Waals surface area contributed by atoms with Crippen LogP contribution in [0.15, 0.2) is 77.7 Å². The van der Waals surface area contributed by atoms with Crippen LogP contribution >= 0.6 is 23.4 Å². The molecule has 3 aromatic carbocycles. The smallest absolute Gasteiger partial charge is 0.335 e. The van der Waals surface area contributed by atoms with Gasteiger partial charge in [-0.15, -0.1) is 11.8 Å². The molecule has 0 aliphatic rings. The molecule has 3 aromatic rings. The molecule has 1 atom stereocenters. The molecule has 33 heavy (non-hydrogen) atoms. The quantitative estimate of drug-likeness (QED) is 0.362. The van der Waals surface area contributed by atoms with Gasteiger partial charge in [-0.3, -0.25) is 9.59 Å². The Bertz CT molecular complexity index is 1160. The molecule has 9 heteroatoms. The van der Waals surface area contributed by atoms with Crippen LogP contribution in [0.4, 0.5) is 11.4 Å². The monoisotopic (exact) mass is 484 g/mol. The zero-order valence-electron chi connectivity index (χ0n) is 17.6. The Kier molecular flexibility index (Phi) is 8.34. The standard InChI is InChI=1S/C24H21ClN2O5S/c1-15(23(29)27-21-12-16(24(30)31)10-11-20(21)25)33-19-9-5-6-17(13-19)26-22(28)14-32-18-7-3-2-4-8-18/h2-13,15H,14H2,1H3,(H,26,28)(H,27,29)(H,30,31). The lowest BCUT2D eigenvalue weighted by Crippen LogP contribution is -2.23. The van der Waals surface area contributed by atoms with Gasteiger partial charge >= 0.3 is 5.97 Å². The van der Waals surface area contributed by atoms with Crippen molar-refractivity contribution in [2.24, 2.45) is 0 Å². The van der Waals surface area contributed by atoms with Crippen molar-refractivity contribution in [1.82, 2.24) is 0 Å². The summed E-state index contributed by atoms with van der Waals surface area (Å²) in [6.45, 7) is 1.59. The van der Waals surface area contributed by atoms with Crippen LogP contribution in [0.25, 0.3) is 0 Å². The summed E-state index contributed by atoms with van der Waals surface area (Å²) in [5.41, 5.74) is 0.828. The van der Waals surface area contributed by atoms with Gasteiger partial charge < -0.3 is 20.5 Å². The van der Waals surface area contributed by atoms with E-state index in [0.717, 1.165) is 4.90 Å². The van der Waals surface area contributed by atoms with E-state index in [4.69, 9.17) is 21.4 Å². The molecule has 170 valence electrons. The van der Waals surface area contributed by atoms with Crippen LogP contribution < -0.4 is 15.4 Å². The average Bonchev–Trinajstić information content (AvgIpc) is 2.80. The SMILES string of the molecule is CC(Sc1cccc(NC(=O)COc2ccccc2)c1)C(=O)Nc1cc(C(=O)O)ccc1Cl. The molecule has 0 fully saturated rings. The van der Waals surface area contributed by atoms with E-state index in [0.29, 0.717) is 11.4 Å². The van der Waals surface area contributed by atoms with Gasteiger partial charge in [0.25, 0.3) is 5.91 Å². The number of halogens is 1. The highest BCUT2D eigenvalue weighted by Gasteiger charge is 2.17. The minimum atomic E-state index is -1.11. The van der Waals surface area contributed by atoms with Crippen molar-refractivity contribution in [1.29, 1.82) is 0 Å². The summed E-state index contributed by atoms with van der Waals surface area (Å²) in [7, 11) is 0. The summed E-state index contributed by atoms with van der Waals surface area (Å²) in [6, 6.07) is 20.2. The molecule has 0 bridgehead atoms. The summed E-state index contributed by atoms with van der Waals surface area (Å²) in [5, 5.41) is 14.3. The zero-order chi connectivity index (χ0) is 23.8. The van der Waals surface area contributed by atoms with E-state index in [1.807, 2.05) is 24.3 Å². The summed E-state index contributed by atoms with van der Waals surface area (Å²) in [4.78, 5) is 36.7. The van der Waals surface area contributed by atoms with Crippen molar-refractivity contribution in [3.05, 3.63) is 83.4 Å². The molecule has 0 heterocycles. The van der Waals surface area contributed by atoms with Gasteiger partial charge in [0.05, 0.1) is 21.5 Å². The fraction of sp³-hybridized carbons (Fsp3) is 0.125. The molecular formula is C24H21ClN2O5S. The number of hydrogen-bond acceptors (Lipinski definition) is 5. The summed E-state index contributed by atoms with van der Waals surface area (Å²) < 4.78 is 5.44. The number of nitrogens with one attached hydrogen (secondary N) is 2. The minimum Gasteiger partial charge on any atom is -0.484 e. The predicted octanol–water partition coefficient (Wildman–Crippen LogP) is 5.18. The van der Waals surface area contributed by atoms with Crippen LogP contribution in [0.1, 0.15) is 17.3 Å². The van der Waals surface area contributed by atoms with Crippen molar-refractivity contribution >= 4 is 52.5 Å². The first-order chi connectivity index (χ1) is 15.8. The molecule has 7 nitrogen and oxygen atoms in total. The number of hydrogen-bond donors (Lipinski definition) is 3. The number of carboxylic acid groups (broad SMARTS) is 1. The second-order valence-corrected chi connectivity index (χ2v) is 8.75. The molecule has 0 spiro atoms. The van der Waals surface area contributed by atoms with Crippen molar-refractivity contribution in [3.63, 3.8) is 0 Å². The van der Waals surface area contributed by atoms with Crippen molar-refractivity contribution < 1.29 is 24.2 Å². The van der Waals surface area contributed by atoms with Gasteiger partial charge in [-0.1, -0.05) is 35.9 Å². The van der Waals surface area contributed by atoms with E-state index in [9.17, 15) is 14.4 Å². The fourth-order valence-corrected chi connectivity index (χ4v) is 3.85. The maximum Gasteiger partial charge on any atom is 0.335 e. The number of anilines is 2. The molecule has 0 saturated heterocycles. The van der Waals surface area contributed by atoms with E-state index in [1.165, 1.54) is 30.0 Å². The first kappa shape index (κ1) is 24.2. The maximum atomic E-state index is 12.6. The highest BCUT2D eigenvalue weighted by Crippen LogP contribution is 2.28. The van der Waals surface area contributed by atoms with E-state index in [-0.39, 0.29) is 34.7 Å². The normalized spacial score (nSPS) is 11.3. The minimum absolute atomic E-state index is 0.0229. The van der Waals surface area contributed by atoms with E-state index in [1.54, 1.807) is 37.3 Å². The van der Waals surface area contributed by atoms with Gasteiger partial charge in [0.2, 0.25) is 5.91 Å². The number of carbonyl (C=O) groups excluding carboxylic acids is 2. The molecule has 1 unspecified atom stereocenters. The number of rotatable bonds is 9. The fourth-order valence-electron chi connectivity index (χ4n) is 2.76. The Morgan fingerprint density at radius 1 is 1.00 bits per heavy atom. The third-order valence-electron chi connectivity index (χ3n) is 4.38. The Morgan fingerprint density at radius 2 is 1.76 bits per heavy atom. The maximum absolute atomic E-state index is 12.6. The van der Waals surface area contributed by atoms with E-state index in [2.05, 4.69) is 10.6 Å². The lowest BCUT2D eigenvalue weighted by molar-refractivity contribution is -0.118. The van der Waals surface area contributed by atoms with Crippen molar-refractivity contribution in [2.75, 3.05) is 17.2 Å². The summed E-state index contributed by atoms with van der Waals surface area (Å²) in [5.74, 6) is -1.15. The molecule has 3 N–H and O–H groups in total. The Labute approximate surface area is 200 Å². The highest BCUT2D eigenvalue weighted by molar-refractivity contribution is 8.00. The van der Waals surface area contributed by atoms with Gasteiger partial charge in [0.1, 0.15) is 5.75 Å². The van der Waals surface area contributed by atoms with Crippen LogP contribution in [0.2, 0.25) is 5.02 Å². The molecule has 0 saturated carbocycles. The van der Waals surface area contributed by atoms with Crippen molar-refractivity contribution in [2.45, 2.75) is 17.1 Å². The largest absolute Gasteiger partial charge is 0.484 e. The summed E-state index contributed by atoms with van der Waals surface area (Å²) >= 11 is 7.36. The number of para-hydroxylation sites is 1. The Hall–Kier alpha value is -3.49.